The molecule has 1 fully saturated rings. The molecule has 2 nitrogen and oxygen atoms in total. The van der Waals surface area contributed by atoms with Crippen LogP contribution < -0.4 is 0 Å². The van der Waals surface area contributed by atoms with Crippen LogP contribution in [0.5, 0.6) is 0 Å². The highest BCUT2D eigenvalue weighted by molar-refractivity contribution is 8.00. The van der Waals surface area contributed by atoms with Crippen LogP contribution >= 0.6 is 11.8 Å². The molecule has 70 valence electrons. The van der Waals surface area contributed by atoms with E-state index in [1.54, 1.807) is 0 Å². The lowest BCUT2D eigenvalue weighted by Crippen LogP contribution is -2.32. The summed E-state index contributed by atoms with van der Waals surface area (Å²) >= 11 is 2.02. The third kappa shape index (κ3) is 1.94. The highest BCUT2D eigenvalue weighted by atomic mass is 32.2. The van der Waals surface area contributed by atoms with Crippen molar-refractivity contribution in [1.29, 1.82) is 0 Å². The van der Waals surface area contributed by atoms with Gasteiger partial charge in [-0.05, 0) is 6.42 Å². The lowest BCUT2D eigenvalue weighted by atomic mass is 9.95. The van der Waals surface area contributed by atoms with Gasteiger partial charge in [0.1, 0.15) is 0 Å². The highest BCUT2D eigenvalue weighted by Gasteiger charge is 2.29. The molecular weight excluding hydrogens is 170 g/mol. The zero-order chi connectivity index (χ0) is 9.14. The molecule has 0 aromatic rings. The number of hydrogen-bond acceptors (Lipinski definition) is 3. The van der Waals surface area contributed by atoms with Crippen molar-refractivity contribution in [2.24, 2.45) is 11.1 Å². The molecule has 1 saturated heterocycles. The predicted octanol–water partition coefficient (Wildman–Crippen LogP) is 2.76. The van der Waals surface area contributed by atoms with Gasteiger partial charge in [-0.2, -0.15) is 11.8 Å². The topological polar surface area (TPSA) is 32.6 Å². The summed E-state index contributed by atoms with van der Waals surface area (Å²) in [6.45, 7) is 6.55. The Kier molecular flexibility index (Phi) is 3.44. The van der Waals surface area contributed by atoms with Crippen molar-refractivity contribution in [3.05, 3.63) is 0 Å². The fraction of sp³-hybridized carbons (Fsp3) is 0.889. The fourth-order valence-corrected chi connectivity index (χ4v) is 3.19. The normalized spacial score (nSPS) is 40.2. The minimum absolute atomic E-state index is 0.446. The molecule has 3 heteroatoms. The van der Waals surface area contributed by atoms with E-state index < -0.39 is 0 Å². The molecule has 0 amide bonds. The minimum atomic E-state index is 0.446. The second-order valence-corrected chi connectivity index (χ2v) is 5.16. The van der Waals surface area contributed by atoms with Gasteiger partial charge in [-0.3, -0.25) is 0 Å². The van der Waals surface area contributed by atoms with Crippen LogP contribution in [-0.2, 0) is 0 Å². The van der Waals surface area contributed by atoms with Crippen LogP contribution in [0.3, 0.4) is 0 Å². The monoisotopic (exact) mass is 187 g/mol. The Hall–Kier alpha value is -0.180. The number of rotatable bonds is 1. The third-order valence-electron chi connectivity index (χ3n) is 2.52. The summed E-state index contributed by atoms with van der Waals surface area (Å²) in [5, 5.41) is 13.4. The number of hydrogen-bond donors (Lipinski definition) is 1. The van der Waals surface area contributed by atoms with Crippen LogP contribution in [0.1, 0.15) is 33.6 Å². The molecular formula is C9H17NOS. The first-order valence-electron chi connectivity index (χ1n) is 4.55. The summed E-state index contributed by atoms with van der Waals surface area (Å²) in [6.07, 6.45) is 2.11. The molecule has 0 aromatic carbocycles. The van der Waals surface area contributed by atoms with Crippen LogP contribution in [0.2, 0.25) is 0 Å². The van der Waals surface area contributed by atoms with Crippen molar-refractivity contribution in [1.82, 2.24) is 0 Å². The van der Waals surface area contributed by atoms with Gasteiger partial charge in [0.05, 0.1) is 5.71 Å². The van der Waals surface area contributed by atoms with Crippen molar-refractivity contribution in [2.75, 3.05) is 0 Å². The van der Waals surface area contributed by atoms with E-state index in [2.05, 4.69) is 25.9 Å². The smallest absolute Gasteiger partial charge is 0.0620 e. The van der Waals surface area contributed by atoms with Gasteiger partial charge in [0.25, 0.3) is 0 Å². The molecule has 3 atom stereocenters. The van der Waals surface area contributed by atoms with Crippen molar-refractivity contribution >= 4 is 17.5 Å². The Morgan fingerprint density at radius 1 is 1.58 bits per heavy atom. The van der Waals surface area contributed by atoms with E-state index in [-0.39, 0.29) is 0 Å². The lowest BCUT2D eigenvalue weighted by molar-refractivity contribution is 0.312. The quantitative estimate of drug-likeness (QED) is 0.505. The van der Waals surface area contributed by atoms with E-state index in [4.69, 9.17) is 5.21 Å². The van der Waals surface area contributed by atoms with Crippen molar-refractivity contribution in [3.8, 4) is 0 Å². The van der Waals surface area contributed by atoms with E-state index >= 15 is 0 Å². The summed E-state index contributed by atoms with van der Waals surface area (Å²) in [6, 6.07) is 0. The Morgan fingerprint density at radius 2 is 2.25 bits per heavy atom. The first-order chi connectivity index (χ1) is 5.69. The van der Waals surface area contributed by atoms with Crippen LogP contribution in [0, 0.1) is 5.92 Å². The zero-order valence-corrected chi connectivity index (χ0v) is 8.77. The molecule has 0 aromatic heterocycles. The summed E-state index contributed by atoms with van der Waals surface area (Å²) in [7, 11) is 0. The SMILES string of the molecule is CC[C@@H]1S[C@@H](C)C/C(=N/O)[C@@H]1C. The third-order valence-corrected chi connectivity index (χ3v) is 4.24. The van der Waals surface area contributed by atoms with E-state index in [0.717, 1.165) is 18.6 Å². The summed E-state index contributed by atoms with van der Waals surface area (Å²) < 4.78 is 0. The first-order valence-corrected chi connectivity index (χ1v) is 5.49. The van der Waals surface area contributed by atoms with Crippen LogP contribution in [0.4, 0.5) is 0 Å². The van der Waals surface area contributed by atoms with Gasteiger partial charge in [0, 0.05) is 22.8 Å². The Labute approximate surface area is 78.4 Å². The Morgan fingerprint density at radius 3 is 2.75 bits per heavy atom. The summed E-state index contributed by atoms with van der Waals surface area (Å²) in [4.78, 5) is 0. The van der Waals surface area contributed by atoms with E-state index in [1.165, 1.54) is 0 Å². The maximum Gasteiger partial charge on any atom is 0.0620 e. The fourth-order valence-electron chi connectivity index (χ4n) is 1.74. The number of oxime groups is 1. The van der Waals surface area contributed by atoms with Crippen molar-refractivity contribution in [2.45, 2.75) is 44.1 Å². The Bertz CT molecular complexity index is 181. The van der Waals surface area contributed by atoms with Crippen molar-refractivity contribution in [3.63, 3.8) is 0 Å². The molecule has 1 aliphatic heterocycles. The zero-order valence-electron chi connectivity index (χ0n) is 7.95. The molecule has 1 N–H and O–H groups in total. The molecule has 0 bridgehead atoms. The average Bonchev–Trinajstić information content (AvgIpc) is 2.08. The van der Waals surface area contributed by atoms with Crippen LogP contribution in [0.25, 0.3) is 0 Å². The predicted molar refractivity (Wildman–Crippen MR) is 54.1 cm³/mol. The molecule has 12 heavy (non-hydrogen) atoms. The lowest BCUT2D eigenvalue weighted by Gasteiger charge is -2.32. The average molecular weight is 187 g/mol. The molecule has 1 rings (SSSR count). The van der Waals surface area contributed by atoms with Crippen LogP contribution in [0.15, 0.2) is 5.16 Å². The van der Waals surface area contributed by atoms with E-state index in [1.807, 2.05) is 11.8 Å². The molecule has 0 spiro atoms. The van der Waals surface area contributed by atoms with E-state index in [0.29, 0.717) is 16.4 Å². The van der Waals surface area contributed by atoms with Gasteiger partial charge < -0.3 is 5.21 Å². The standard InChI is InChI=1S/C9H17NOS/c1-4-9-7(3)8(10-11)5-6(2)12-9/h6-7,9,11H,4-5H2,1-3H3/b10-8-/t6-,7-,9-/m0/s1. The molecule has 0 saturated carbocycles. The summed E-state index contributed by atoms with van der Waals surface area (Å²) in [5.74, 6) is 0.446. The molecule has 0 radical (unpaired) electrons. The maximum absolute atomic E-state index is 8.77. The van der Waals surface area contributed by atoms with Gasteiger partial charge in [0.2, 0.25) is 0 Å². The van der Waals surface area contributed by atoms with Crippen molar-refractivity contribution < 1.29 is 5.21 Å². The van der Waals surface area contributed by atoms with Gasteiger partial charge in [0.15, 0.2) is 0 Å². The summed E-state index contributed by atoms with van der Waals surface area (Å²) in [5.41, 5.74) is 0.980. The molecule has 1 heterocycles. The second kappa shape index (κ2) is 4.17. The maximum atomic E-state index is 8.77. The minimum Gasteiger partial charge on any atom is -0.411 e. The van der Waals surface area contributed by atoms with Gasteiger partial charge >= 0.3 is 0 Å². The largest absolute Gasteiger partial charge is 0.411 e. The number of nitrogens with zero attached hydrogens (tertiary/aromatic N) is 1. The highest BCUT2D eigenvalue weighted by Crippen LogP contribution is 2.35. The molecule has 1 aliphatic rings. The number of thioether (sulfide) groups is 1. The molecule has 0 unspecified atom stereocenters. The Balaban J connectivity index is 2.68. The molecule has 0 aliphatic carbocycles. The van der Waals surface area contributed by atoms with Gasteiger partial charge in [-0.15, -0.1) is 0 Å². The van der Waals surface area contributed by atoms with Crippen LogP contribution in [-0.4, -0.2) is 21.4 Å². The second-order valence-electron chi connectivity index (χ2n) is 3.48. The first kappa shape index (κ1) is 9.90. The van der Waals surface area contributed by atoms with Gasteiger partial charge in [-0.1, -0.05) is 25.9 Å². The van der Waals surface area contributed by atoms with E-state index in [9.17, 15) is 0 Å². The van der Waals surface area contributed by atoms with Gasteiger partial charge in [-0.25, -0.2) is 0 Å².